The van der Waals surface area contributed by atoms with Crippen LogP contribution in [0.1, 0.15) is 34.3 Å². The first-order chi connectivity index (χ1) is 14.7. The zero-order chi connectivity index (χ0) is 20.7. The van der Waals surface area contributed by atoms with Crippen LogP contribution in [0.25, 0.3) is 10.8 Å². The molecule has 1 amide bonds. The molecule has 6 nitrogen and oxygen atoms in total. The number of carbonyl (C=O) groups excluding carboxylic acids is 1. The van der Waals surface area contributed by atoms with Crippen LogP contribution in [-0.2, 0) is 22.4 Å². The quantitative estimate of drug-likeness (QED) is 0.848. The third-order valence-electron chi connectivity index (χ3n) is 6.41. The van der Waals surface area contributed by atoms with Crippen molar-refractivity contribution < 1.29 is 19.4 Å². The number of fused-ring (bicyclic) bond motifs is 3. The number of allylic oxidation sites excluding steroid dienone is 1. The first-order valence-corrected chi connectivity index (χ1v) is 10.5. The summed E-state index contributed by atoms with van der Waals surface area (Å²) >= 11 is 0. The summed E-state index contributed by atoms with van der Waals surface area (Å²) in [6.45, 7) is 1.40. The molecule has 0 saturated carbocycles. The fourth-order valence-electron chi connectivity index (χ4n) is 4.80. The largest absolute Gasteiger partial charge is 0.389 e. The lowest BCUT2D eigenvalue weighted by Gasteiger charge is -2.34. The number of aliphatic hydroxyl groups is 1. The molecule has 0 aliphatic carbocycles. The van der Waals surface area contributed by atoms with E-state index in [1.807, 2.05) is 29.3 Å². The van der Waals surface area contributed by atoms with Crippen LogP contribution in [0.3, 0.4) is 0 Å². The van der Waals surface area contributed by atoms with Gasteiger partial charge in [-0.2, -0.15) is 0 Å². The van der Waals surface area contributed by atoms with Gasteiger partial charge in [-0.1, -0.05) is 30.3 Å². The molecule has 2 aromatic rings. The monoisotopic (exact) mass is 406 g/mol. The second kappa shape index (κ2) is 7.95. The molecule has 5 rings (SSSR count). The fourth-order valence-corrected chi connectivity index (χ4v) is 4.80. The number of dihydropyridines is 1. The molecule has 156 valence electrons. The van der Waals surface area contributed by atoms with E-state index in [9.17, 15) is 9.90 Å². The van der Waals surface area contributed by atoms with Gasteiger partial charge in [-0.05, 0) is 46.4 Å². The lowest BCUT2D eigenvalue weighted by atomic mass is 9.92. The van der Waals surface area contributed by atoms with Gasteiger partial charge >= 0.3 is 0 Å². The highest BCUT2D eigenvalue weighted by Crippen LogP contribution is 2.36. The summed E-state index contributed by atoms with van der Waals surface area (Å²) in [5, 5.41) is 12.7. The van der Waals surface area contributed by atoms with Crippen LogP contribution >= 0.6 is 0 Å². The van der Waals surface area contributed by atoms with Gasteiger partial charge in [0.25, 0.3) is 5.91 Å². The third kappa shape index (κ3) is 3.35. The molecule has 6 heteroatoms. The Morgan fingerprint density at radius 3 is 2.87 bits per heavy atom. The normalized spacial score (nSPS) is 26.2. The molecule has 3 aliphatic heterocycles. The van der Waals surface area contributed by atoms with Crippen molar-refractivity contribution in [2.45, 2.75) is 44.2 Å². The van der Waals surface area contributed by atoms with Crippen LogP contribution < -0.4 is 0 Å². The SMILES string of the molecule is COC1CC=C(Cc2cc3c(c4ccccc24)CN([C@H]2CCOC[C@@H]2O)C3=O)C=N1. The van der Waals surface area contributed by atoms with Crippen LogP contribution in [0.2, 0.25) is 0 Å². The molecule has 0 spiro atoms. The second-order valence-electron chi connectivity index (χ2n) is 8.20. The highest BCUT2D eigenvalue weighted by Gasteiger charge is 2.38. The summed E-state index contributed by atoms with van der Waals surface area (Å²) < 4.78 is 10.6. The van der Waals surface area contributed by atoms with Crippen LogP contribution in [0.4, 0.5) is 0 Å². The van der Waals surface area contributed by atoms with Crippen molar-refractivity contribution in [1.29, 1.82) is 0 Å². The minimum atomic E-state index is -0.639. The van der Waals surface area contributed by atoms with E-state index in [1.165, 1.54) is 5.39 Å². The van der Waals surface area contributed by atoms with Gasteiger partial charge in [-0.25, -0.2) is 0 Å². The van der Waals surface area contributed by atoms with E-state index < -0.39 is 6.10 Å². The predicted octanol–water partition coefficient (Wildman–Crippen LogP) is 2.86. The second-order valence-corrected chi connectivity index (χ2v) is 8.20. The zero-order valence-electron chi connectivity index (χ0n) is 17.1. The molecule has 0 radical (unpaired) electrons. The Bertz CT molecular complexity index is 1040. The lowest BCUT2D eigenvalue weighted by Crippen LogP contribution is -2.49. The first-order valence-electron chi connectivity index (χ1n) is 10.5. The van der Waals surface area contributed by atoms with E-state index >= 15 is 0 Å². The molecular formula is C24H26N2O4. The van der Waals surface area contributed by atoms with Gasteiger partial charge in [0.15, 0.2) is 6.23 Å². The van der Waals surface area contributed by atoms with Crippen molar-refractivity contribution in [3.05, 3.63) is 58.7 Å². The molecule has 3 atom stereocenters. The van der Waals surface area contributed by atoms with E-state index in [-0.39, 0.29) is 24.8 Å². The Labute approximate surface area is 175 Å². The van der Waals surface area contributed by atoms with E-state index in [2.05, 4.69) is 23.2 Å². The molecule has 1 saturated heterocycles. The highest BCUT2D eigenvalue weighted by atomic mass is 16.5. The standard InChI is InChI=1S/C24H26N2O4/c1-29-23-7-6-15(12-25-23)10-16-11-19-20(18-5-3-2-4-17(16)18)13-26(24(19)28)21-8-9-30-14-22(21)27/h2-6,11-12,21-23,27H,7-10,13-14H2,1H3/t21-,22-,23?/m0/s1. The lowest BCUT2D eigenvalue weighted by molar-refractivity contribution is -0.0571. The highest BCUT2D eigenvalue weighted by molar-refractivity contribution is 6.05. The third-order valence-corrected chi connectivity index (χ3v) is 6.41. The maximum absolute atomic E-state index is 13.3. The maximum atomic E-state index is 13.3. The molecule has 1 unspecified atom stereocenters. The van der Waals surface area contributed by atoms with Gasteiger partial charge in [0, 0.05) is 38.5 Å². The molecule has 0 bridgehead atoms. The summed E-state index contributed by atoms with van der Waals surface area (Å²) in [4.78, 5) is 19.6. The Kier molecular flexibility index (Phi) is 5.15. The number of hydrogen-bond donors (Lipinski definition) is 1. The summed E-state index contributed by atoms with van der Waals surface area (Å²) in [5.74, 6) is 0.00805. The zero-order valence-corrected chi connectivity index (χ0v) is 17.1. The maximum Gasteiger partial charge on any atom is 0.254 e. The number of rotatable bonds is 4. The number of nitrogens with zero attached hydrogens (tertiary/aromatic N) is 2. The van der Waals surface area contributed by atoms with Gasteiger partial charge in [-0.15, -0.1) is 0 Å². The summed E-state index contributed by atoms with van der Waals surface area (Å²) in [6, 6.07) is 10.1. The number of methoxy groups -OCH3 is 1. The molecule has 1 fully saturated rings. The van der Waals surface area contributed by atoms with Crippen molar-refractivity contribution >= 4 is 22.9 Å². The molecule has 2 aromatic carbocycles. The number of benzene rings is 2. The smallest absolute Gasteiger partial charge is 0.254 e. The molecule has 30 heavy (non-hydrogen) atoms. The van der Waals surface area contributed by atoms with Gasteiger partial charge in [0.1, 0.15) is 0 Å². The number of ether oxygens (including phenoxy) is 2. The van der Waals surface area contributed by atoms with Crippen molar-refractivity contribution in [3.8, 4) is 0 Å². The van der Waals surface area contributed by atoms with Crippen molar-refractivity contribution in [2.24, 2.45) is 4.99 Å². The Hall–Kier alpha value is -2.54. The first kappa shape index (κ1) is 19.4. The average Bonchev–Trinajstić information content (AvgIpc) is 3.11. The number of aliphatic imine (C=N–C) groups is 1. The molecular weight excluding hydrogens is 380 g/mol. The number of hydrogen-bond acceptors (Lipinski definition) is 5. The van der Waals surface area contributed by atoms with Crippen LogP contribution in [0.5, 0.6) is 0 Å². The molecule has 3 heterocycles. The van der Waals surface area contributed by atoms with Crippen molar-refractivity contribution in [1.82, 2.24) is 4.90 Å². The fraction of sp³-hybridized carbons (Fsp3) is 0.417. The molecule has 1 N–H and O–H groups in total. The topological polar surface area (TPSA) is 71.4 Å². The Morgan fingerprint density at radius 2 is 2.13 bits per heavy atom. The van der Waals surface area contributed by atoms with Crippen molar-refractivity contribution in [2.75, 3.05) is 20.3 Å². The molecule has 0 aromatic heterocycles. The average molecular weight is 406 g/mol. The number of carbonyl (C=O) groups is 1. The van der Waals surface area contributed by atoms with Gasteiger partial charge in [-0.3, -0.25) is 9.79 Å². The summed E-state index contributed by atoms with van der Waals surface area (Å²) in [7, 11) is 1.67. The van der Waals surface area contributed by atoms with E-state index in [0.717, 1.165) is 40.5 Å². The summed E-state index contributed by atoms with van der Waals surface area (Å²) in [6.07, 6.45) is 5.45. The summed E-state index contributed by atoms with van der Waals surface area (Å²) in [5.41, 5.74) is 4.07. The van der Waals surface area contributed by atoms with Gasteiger partial charge in [0.05, 0.1) is 18.8 Å². The minimum absolute atomic E-state index is 0.00805. The Morgan fingerprint density at radius 1 is 1.30 bits per heavy atom. The number of amides is 1. The Balaban J connectivity index is 1.51. The number of aliphatic hydroxyl groups excluding tert-OH is 1. The van der Waals surface area contributed by atoms with Gasteiger partial charge < -0.3 is 19.5 Å². The van der Waals surface area contributed by atoms with E-state index in [4.69, 9.17) is 9.47 Å². The van der Waals surface area contributed by atoms with Crippen molar-refractivity contribution in [3.63, 3.8) is 0 Å². The predicted molar refractivity (Wildman–Crippen MR) is 115 cm³/mol. The van der Waals surface area contributed by atoms with Crippen LogP contribution in [-0.4, -0.2) is 60.8 Å². The van der Waals surface area contributed by atoms with Gasteiger partial charge in [0.2, 0.25) is 0 Å². The van der Waals surface area contributed by atoms with E-state index in [1.54, 1.807) is 7.11 Å². The minimum Gasteiger partial charge on any atom is -0.389 e. The molecule has 3 aliphatic rings. The van der Waals surface area contributed by atoms with Crippen LogP contribution in [0, 0.1) is 0 Å². The van der Waals surface area contributed by atoms with E-state index in [0.29, 0.717) is 19.6 Å². The van der Waals surface area contributed by atoms with Crippen LogP contribution in [0.15, 0.2) is 47.0 Å².